The largest absolute Gasteiger partial charge is 0.310 e. The SMILES string of the molecule is c1ccc(-c2cc(-c3ccccc3)cc(-c3ccc(N(c4cccc(-c5cccc(-c6cccc7c6c6ccccc6n7-c6ccccc6)c5)c4)c4cccc5ccccc45)cc3)c2)cc1. The van der Waals surface area contributed by atoms with Crippen molar-refractivity contribution in [2.45, 2.75) is 0 Å². The van der Waals surface area contributed by atoms with Gasteiger partial charge in [-0.05, 0) is 140 Å². The number of fused-ring (bicyclic) bond motifs is 4. The molecule has 0 saturated heterocycles. The maximum Gasteiger partial charge on any atom is 0.0547 e. The molecule has 0 amide bonds. The van der Waals surface area contributed by atoms with Gasteiger partial charge in [-0.2, -0.15) is 0 Å². The summed E-state index contributed by atoms with van der Waals surface area (Å²) in [6.07, 6.45) is 0. The fourth-order valence-corrected chi connectivity index (χ4v) is 9.83. The molecule has 0 aliphatic carbocycles. The van der Waals surface area contributed by atoms with Gasteiger partial charge >= 0.3 is 0 Å². The third-order valence-electron chi connectivity index (χ3n) is 12.9. The second-order valence-corrected chi connectivity index (χ2v) is 16.9. The van der Waals surface area contributed by atoms with E-state index < -0.39 is 0 Å². The highest BCUT2D eigenvalue weighted by Gasteiger charge is 2.19. The molecule has 0 atom stereocenters. The smallest absolute Gasteiger partial charge is 0.0547 e. The van der Waals surface area contributed by atoms with E-state index in [0.29, 0.717) is 0 Å². The van der Waals surface area contributed by atoms with Crippen molar-refractivity contribution < 1.29 is 0 Å². The second-order valence-electron chi connectivity index (χ2n) is 16.9. The molecule has 0 bridgehead atoms. The highest BCUT2D eigenvalue weighted by atomic mass is 15.1. The lowest BCUT2D eigenvalue weighted by Gasteiger charge is -2.27. The molecular weight excluding hydrogens is 797 g/mol. The van der Waals surface area contributed by atoms with E-state index in [1.807, 2.05) is 0 Å². The van der Waals surface area contributed by atoms with Crippen LogP contribution >= 0.6 is 0 Å². The van der Waals surface area contributed by atoms with E-state index in [1.54, 1.807) is 0 Å². The van der Waals surface area contributed by atoms with E-state index >= 15 is 0 Å². The van der Waals surface area contributed by atoms with Crippen LogP contribution in [-0.2, 0) is 0 Å². The van der Waals surface area contributed by atoms with Gasteiger partial charge < -0.3 is 9.47 Å². The van der Waals surface area contributed by atoms with Gasteiger partial charge in [0, 0.05) is 33.2 Å². The van der Waals surface area contributed by atoms with Gasteiger partial charge in [0.05, 0.1) is 16.7 Å². The van der Waals surface area contributed by atoms with E-state index in [0.717, 1.165) is 28.3 Å². The van der Waals surface area contributed by atoms with Crippen molar-refractivity contribution in [1.82, 2.24) is 4.57 Å². The first-order valence-corrected chi connectivity index (χ1v) is 22.7. The van der Waals surface area contributed by atoms with E-state index in [-0.39, 0.29) is 0 Å². The number of hydrogen-bond acceptors (Lipinski definition) is 1. The molecule has 2 heteroatoms. The van der Waals surface area contributed by atoms with Crippen LogP contribution in [0.4, 0.5) is 17.1 Å². The lowest BCUT2D eigenvalue weighted by Crippen LogP contribution is -2.10. The second kappa shape index (κ2) is 16.8. The monoisotopic (exact) mass is 840 g/mol. The lowest BCUT2D eigenvalue weighted by atomic mass is 9.93. The van der Waals surface area contributed by atoms with Crippen molar-refractivity contribution in [3.8, 4) is 61.3 Å². The van der Waals surface area contributed by atoms with E-state index in [9.17, 15) is 0 Å². The maximum absolute atomic E-state index is 2.41. The van der Waals surface area contributed by atoms with Crippen LogP contribution in [0.2, 0.25) is 0 Å². The molecule has 0 aliphatic heterocycles. The molecule has 0 saturated carbocycles. The van der Waals surface area contributed by atoms with Gasteiger partial charge in [0.2, 0.25) is 0 Å². The summed E-state index contributed by atoms with van der Waals surface area (Å²) in [5.74, 6) is 0. The molecule has 0 fully saturated rings. The minimum Gasteiger partial charge on any atom is -0.310 e. The Morgan fingerprint density at radius 3 is 1.47 bits per heavy atom. The predicted octanol–water partition coefficient (Wildman–Crippen LogP) is 17.7. The summed E-state index contributed by atoms with van der Waals surface area (Å²) < 4.78 is 2.39. The van der Waals surface area contributed by atoms with Crippen LogP contribution in [0.15, 0.2) is 267 Å². The number of para-hydroxylation sites is 2. The number of anilines is 3. The third-order valence-corrected chi connectivity index (χ3v) is 12.9. The molecular formula is C64H44N2. The highest BCUT2D eigenvalue weighted by Crippen LogP contribution is 2.43. The molecule has 1 aromatic heterocycles. The Morgan fingerprint density at radius 2 is 0.758 bits per heavy atom. The van der Waals surface area contributed by atoms with Gasteiger partial charge in [0.1, 0.15) is 0 Å². The van der Waals surface area contributed by atoms with Crippen LogP contribution < -0.4 is 4.90 Å². The van der Waals surface area contributed by atoms with Gasteiger partial charge in [-0.1, -0.05) is 188 Å². The normalized spacial score (nSPS) is 11.3. The number of hydrogen-bond donors (Lipinski definition) is 0. The summed E-state index contributed by atoms with van der Waals surface area (Å²) in [4.78, 5) is 2.41. The number of aromatic nitrogens is 1. The van der Waals surface area contributed by atoms with Crippen LogP contribution in [0.1, 0.15) is 0 Å². The molecule has 12 aromatic rings. The average molecular weight is 841 g/mol. The van der Waals surface area contributed by atoms with Gasteiger partial charge in [-0.25, -0.2) is 0 Å². The Bertz CT molecular complexity index is 3620. The van der Waals surface area contributed by atoms with Crippen molar-refractivity contribution in [1.29, 1.82) is 0 Å². The Morgan fingerprint density at radius 1 is 0.273 bits per heavy atom. The van der Waals surface area contributed by atoms with Crippen LogP contribution in [0, 0.1) is 0 Å². The fourth-order valence-electron chi connectivity index (χ4n) is 9.83. The zero-order chi connectivity index (χ0) is 43.8. The van der Waals surface area contributed by atoms with E-state index in [4.69, 9.17) is 0 Å². The van der Waals surface area contributed by atoms with Crippen LogP contribution in [0.3, 0.4) is 0 Å². The van der Waals surface area contributed by atoms with E-state index in [2.05, 4.69) is 276 Å². The Labute approximate surface area is 385 Å². The topological polar surface area (TPSA) is 8.17 Å². The van der Waals surface area contributed by atoms with E-state index in [1.165, 1.54) is 82.6 Å². The molecule has 12 rings (SSSR count). The quantitative estimate of drug-likeness (QED) is 0.141. The fraction of sp³-hybridized carbons (Fsp3) is 0. The first-order chi connectivity index (χ1) is 32.7. The van der Waals surface area contributed by atoms with Gasteiger partial charge in [0.25, 0.3) is 0 Å². The Hall–Kier alpha value is -8.72. The average Bonchev–Trinajstić information content (AvgIpc) is 3.74. The standard InChI is InChI=1S/C64H44N2/c1-4-18-45(19-5-1)52-41-53(46-20-6-2-7-21-46)43-54(42-52)47-36-38-56(39-37-47)65(61-34-16-23-48-22-10-11-30-58(48)61)57-29-15-25-50(44-57)49-24-14-26-51(40-49)59-32-17-35-63-64(59)60-31-12-13-33-62(60)66(63)55-27-8-3-9-28-55/h1-44H. The summed E-state index contributed by atoms with van der Waals surface area (Å²) >= 11 is 0. The molecule has 0 spiro atoms. The van der Waals surface area contributed by atoms with Crippen LogP contribution in [0.25, 0.3) is 93.9 Å². The number of rotatable bonds is 9. The molecule has 310 valence electrons. The number of nitrogens with zero attached hydrogens (tertiary/aromatic N) is 2. The molecule has 0 unspecified atom stereocenters. The molecule has 66 heavy (non-hydrogen) atoms. The summed E-state index contributed by atoms with van der Waals surface area (Å²) in [6.45, 7) is 0. The maximum atomic E-state index is 2.41. The van der Waals surface area contributed by atoms with Gasteiger partial charge in [0.15, 0.2) is 0 Å². The first kappa shape index (κ1) is 38.9. The van der Waals surface area contributed by atoms with Crippen LogP contribution in [-0.4, -0.2) is 4.57 Å². The summed E-state index contributed by atoms with van der Waals surface area (Å²) in [5.41, 5.74) is 18.7. The highest BCUT2D eigenvalue weighted by molar-refractivity contribution is 6.16. The zero-order valence-electron chi connectivity index (χ0n) is 36.3. The molecule has 0 N–H and O–H groups in total. The zero-order valence-corrected chi connectivity index (χ0v) is 36.3. The van der Waals surface area contributed by atoms with Gasteiger partial charge in [-0.15, -0.1) is 0 Å². The summed E-state index contributed by atoms with van der Waals surface area (Å²) in [5, 5.41) is 4.91. The number of benzene rings is 11. The molecule has 1 heterocycles. The van der Waals surface area contributed by atoms with Crippen molar-refractivity contribution in [2.75, 3.05) is 4.90 Å². The molecule has 2 nitrogen and oxygen atoms in total. The Balaban J connectivity index is 0.962. The molecule has 0 aliphatic rings. The summed E-state index contributed by atoms with van der Waals surface area (Å²) in [6, 6.07) is 96.9. The van der Waals surface area contributed by atoms with Gasteiger partial charge in [-0.3, -0.25) is 0 Å². The van der Waals surface area contributed by atoms with Crippen molar-refractivity contribution in [3.05, 3.63) is 267 Å². The van der Waals surface area contributed by atoms with Crippen molar-refractivity contribution in [3.63, 3.8) is 0 Å². The van der Waals surface area contributed by atoms with Crippen LogP contribution in [0.5, 0.6) is 0 Å². The first-order valence-electron chi connectivity index (χ1n) is 22.7. The summed E-state index contributed by atoms with van der Waals surface area (Å²) in [7, 11) is 0. The van der Waals surface area contributed by atoms with Crippen molar-refractivity contribution in [2.24, 2.45) is 0 Å². The predicted molar refractivity (Wildman–Crippen MR) is 280 cm³/mol. The minimum absolute atomic E-state index is 1.09. The molecule has 0 radical (unpaired) electrons. The Kier molecular flexibility index (Phi) is 9.89. The molecule has 11 aromatic carbocycles. The lowest BCUT2D eigenvalue weighted by molar-refractivity contribution is 1.18. The minimum atomic E-state index is 1.09. The third kappa shape index (κ3) is 7.12. The van der Waals surface area contributed by atoms with Crippen molar-refractivity contribution >= 4 is 49.6 Å².